The Morgan fingerprint density at radius 1 is 0.528 bits per heavy atom. The van der Waals surface area contributed by atoms with E-state index in [1.165, 1.54) is 109 Å². The van der Waals surface area contributed by atoms with Crippen molar-refractivity contribution in [2.45, 2.75) is 193 Å². The van der Waals surface area contributed by atoms with E-state index in [1.807, 2.05) is 0 Å². The van der Waals surface area contributed by atoms with Gasteiger partial charge in [-0.3, -0.25) is 9.59 Å². The number of esters is 1. The summed E-state index contributed by atoms with van der Waals surface area (Å²) in [5, 5.41) is 8.64. The van der Waals surface area contributed by atoms with Crippen molar-refractivity contribution in [1.29, 1.82) is 0 Å². The van der Waals surface area contributed by atoms with Crippen molar-refractivity contribution >= 4 is 11.9 Å². The lowest BCUT2D eigenvalue weighted by atomic mass is 10.0. The molecule has 214 valence electrons. The van der Waals surface area contributed by atoms with Crippen LogP contribution in [0.3, 0.4) is 0 Å². The second kappa shape index (κ2) is 28.5. The van der Waals surface area contributed by atoms with Gasteiger partial charge in [0.2, 0.25) is 0 Å². The van der Waals surface area contributed by atoms with E-state index in [9.17, 15) is 9.59 Å². The highest BCUT2D eigenvalue weighted by Gasteiger charge is 2.12. The molecule has 0 saturated carbocycles. The van der Waals surface area contributed by atoms with E-state index in [-0.39, 0.29) is 12.1 Å². The molecule has 0 saturated heterocycles. The molecule has 0 aliphatic heterocycles. The minimum Gasteiger partial charge on any atom is -0.481 e. The van der Waals surface area contributed by atoms with Gasteiger partial charge in [0.1, 0.15) is 6.10 Å². The second-order valence-electron chi connectivity index (χ2n) is 11.0. The molecular weight excluding hydrogens is 448 g/mol. The van der Waals surface area contributed by atoms with Gasteiger partial charge in [-0.1, -0.05) is 142 Å². The molecule has 1 N–H and O–H groups in total. The van der Waals surface area contributed by atoms with Crippen LogP contribution in [0, 0.1) is 0 Å². The number of hydrogen-bond acceptors (Lipinski definition) is 3. The largest absolute Gasteiger partial charge is 0.481 e. The van der Waals surface area contributed by atoms with Crippen molar-refractivity contribution < 1.29 is 19.4 Å². The molecule has 0 fully saturated rings. The molecule has 1 atom stereocenters. The van der Waals surface area contributed by atoms with Crippen LogP contribution in [0.15, 0.2) is 0 Å². The highest BCUT2D eigenvalue weighted by atomic mass is 16.5. The third-order valence-electron chi connectivity index (χ3n) is 7.40. The van der Waals surface area contributed by atoms with Gasteiger partial charge in [-0.05, 0) is 32.1 Å². The van der Waals surface area contributed by atoms with Crippen LogP contribution in [0.5, 0.6) is 0 Å². The first kappa shape index (κ1) is 34.9. The van der Waals surface area contributed by atoms with Crippen molar-refractivity contribution in [2.75, 3.05) is 0 Å². The summed E-state index contributed by atoms with van der Waals surface area (Å²) in [5.41, 5.74) is 0. The first-order valence-corrected chi connectivity index (χ1v) is 16.0. The quantitative estimate of drug-likeness (QED) is 0.0802. The van der Waals surface area contributed by atoms with Gasteiger partial charge in [0.05, 0.1) is 0 Å². The smallest absolute Gasteiger partial charge is 0.306 e. The fraction of sp³-hybridized carbons (Fsp3) is 0.938. The van der Waals surface area contributed by atoms with E-state index in [0.717, 1.165) is 51.4 Å². The molecule has 0 heterocycles. The zero-order chi connectivity index (χ0) is 26.5. The Labute approximate surface area is 224 Å². The van der Waals surface area contributed by atoms with E-state index >= 15 is 0 Å². The maximum atomic E-state index is 12.2. The Balaban J connectivity index is 3.42. The van der Waals surface area contributed by atoms with Crippen LogP contribution in [0.1, 0.15) is 187 Å². The summed E-state index contributed by atoms with van der Waals surface area (Å²) in [6, 6.07) is 0. The number of carbonyl (C=O) groups is 2. The molecule has 0 radical (unpaired) electrons. The van der Waals surface area contributed by atoms with Gasteiger partial charge in [-0.25, -0.2) is 0 Å². The predicted octanol–water partition coefficient (Wildman–Crippen LogP) is 10.6. The van der Waals surface area contributed by atoms with Crippen LogP contribution < -0.4 is 0 Å². The third-order valence-corrected chi connectivity index (χ3v) is 7.40. The number of carboxylic acid groups (broad SMARTS) is 1. The lowest BCUT2D eigenvalue weighted by Gasteiger charge is -2.16. The molecule has 0 amide bonds. The number of hydrogen-bond donors (Lipinski definition) is 1. The molecule has 4 heteroatoms. The van der Waals surface area contributed by atoms with Crippen LogP contribution in [0.4, 0.5) is 0 Å². The summed E-state index contributed by atoms with van der Waals surface area (Å²) in [4.78, 5) is 22.7. The van der Waals surface area contributed by atoms with Crippen LogP contribution in [-0.4, -0.2) is 23.1 Å². The van der Waals surface area contributed by atoms with Gasteiger partial charge in [0.25, 0.3) is 0 Å². The van der Waals surface area contributed by atoms with Crippen molar-refractivity contribution in [3.05, 3.63) is 0 Å². The van der Waals surface area contributed by atoms with Crippen molar-refractivity contribution in [3.8, 4) is 0 Å². The molecule has 36 heavy (non-hydrogen) atoms. The molecule has 4 nitrogen and oxygen atoms in total. The first-order valence-electron chi connectivity index (χ1n) is 16.0. The van der Waals surface area contributed by atoms with E-state index in [0.29, 0.717) is 12.8 Å². The SMILES string of the molecule is CCCCCCCCCCCCCCCCCC(=O)OC(CC)CCCCCCCCCCC(=O)O. The molecule has 0 rings (SSSR count). The van der Waals surface area contributed by atoms with E-state index in [4.69, 9.17) is 9.84 Å². The van der Waals surface area contributed by atoms with E-state index in [1.54, 1.807) is 0 Å². The summed E-state index contributed by atoms with van der Waals surface area (Å²) in [6.07, 6.45) is 31.9. The fourth-order valence-electron chi connectivity index (χ4n) is 4.94. The van der Waals surface area contributed by atoms with E-state index < -0.39 is 5.97 Å². The highest BCUT2D eigenvalue weighted by molar-refractivity contribution is 5.69. The van der Waals surface area contributed by atoms with Crippen LogP contribution in [-0.2, 0) is 14.3 Å². The predicted molar refractivity (Wildman–Crippen MR) is 154 cm³/mol. The zero-order valence-corrected chi connectivity index (χ0v) is 24.3. The van der Waals surface area contributed by atoms with Crippen LogP contribution in [0.2, 0.25) is 0 Å². The molecular formula is C32H62O4. The molecule has 0 aliphatic carbocycles. The average Bonchev–Trinajstić information content (AvgIpc) is 2.86. The normalized spacial score (nSPS) is 12.1. The summed E-state index contributed by atoms with van der Waals surface area (Å²) >= 11 is 0. The summed E-state index contributed by atoms with van der Waals surface area (Å²) < 4.78 is 5.72. The van der Waals surface area contributed by atoms with Gasteiger partial charge in [-0.2, -0.15) is 0 Å². The maximum Gasteiger partial charge on any atom is 0.306 e. The lowest BCUT2D eigenvalue weighted by Crippen LogP contribution is -2.17. The molecule has 1 unspecified atom stereocenters. The maximum absolute atomic E-state index is 12.2. The van der Waals surface area contributed by atoms with Gasteiger partial charge >= 0.3 is 11.9 Å². The Morgan fingerprint density at radius 2 is 0.889 bits per heavy atom. The number of ether oxygens (including phenoxy) is 1. The van der Waals surface area contributed by atoms with Gasteiger partial charge in [0, 0.05) is 12.8 Å². The van der Waals surface area contributed by atoms with E-state index in [2.05, 4.69) is 13.8 Å². The molecule has 0 aromatic rings. The van der Waals surface area contributed by atoms with Crippen molar-refractivity contribution in [3.63, 3.8) is 0 Å². The third kappa shape index (κ3) is 27.5. The first-order chi connectivity index (χ1) is 17.6. The number of aliphatic carboxylic acids is 1. The standard InChI is InChI=1S/C32H62O4/c1-3-5-6-7-8-9-10-11-12-13-14-15-20-23-26-29-32(35)36-30(4-2)27-24-21-18-16-17-19-22-25-28-31(33)34/h30H,3-29H2,1-2H3,(H,33,34). The Bertz CT molecular complexity index is 477. The van der Waals surface area contributed by atoms with Gasteiger partial charge < -0.3 is 9.84 Å². The molecule has 0 spiro atoms. The second-order valence-corrected chi connectivity index (χ2v) is 11.0. The van der Waals surface area contributed by atoms with Gasteiger partial charge in [0.15, 0.2) is 0 Å². The molecule has 0 aliphatic rings. The molecule has 0 aromatic heterocycles. The molecule has 0 bridgehead atoms. The topological polar surface area (TPSA) is 63.6 Å². The number of unbranched alkanes of at least 4 members (excludes halogenated alkanes) is 21. The van der Waals surface area contributed by atoms with Crippen molar-refractivity contribution in [1.82, 2.24) is 0 Å². The molecule has 0 aromatic carbocycles. The minimum absolute atomic E-state index is 0.00194. The lowest BCUT2D eigenvalue weighted by molar-refractivity contribution is -0.149. The van der Waals surface area contributed by atoms with Crippen LogP contribution in [0.25, 0.3) is 0 Å². The number of rotatable bonds is 29. The summed E-state index contributed by atoms with van der Waals surface area (Å²) in [5.74, 6) is -0.686. The minimum atomic E-state index is -0.684. The van der Waals surface area contributed by atoms with Crippen molar-refractivity contribution in [2.24, 2.45) is 0 Å². The Hall–Kier alpha value is -1.06. The Morgan fingerprint density at radius 3 is 1.28 bits per heavy atom. The Kier molecular flexibility index (Phi) is 27.7. The highest BCUT2D eigenvalue weighted by Crippen LogP contribution is 2.16. The van der Waals surface area contributed by atoms with Gasteiger partial charge in [-0.15, -0.1) is 0 Å². The number of carboxylic acids is 1. The monoisotopic (exact) mass is 510 g/mol. The fourth-order valence-corrected chi connectivity index (χ4v) is 4.94. The average molecular weight is 511 g/mol. The van der Waals surface area contributed by atoms with Crippen LogP contribution >= 0.6 is 0 Å². The summed E-state index contributed by atoms with van der Waals surface area (Å²) in [6.45, 7) is 4.39. The zero-order valence-electron chi connectivity index (χ0n) is 24.3. The number of carbonyl (C=O) groups excluding carboxylic acids is 1. The summed E-state index contributed by atoms with van der Waals surface area (Å²) in [7, 11) is 0.